The van der Waals surface area contributed by atoms with Crippen molar-refractivity contribution in [3.8, 4) is 0 Å². The van der Waals surface area contributed by atoms with E-state index in [4.69, 9.17) is 0 Å². The van der Waals surface area contributed by atoms with E-state index in [0.29, 0.717) is 12.0 Å². The predicted octanol–water partition coefficient (Wildman–Crippen LogP) is 3.76. The van der Waals surface area contributed by atoms with Gasteiger partial charge in [0.1, 0.15) is 0 Å². The highest BCUT2D eigenvalue weighted by atomic mass is 79.9. The van der Waals surface area contributed by atoms with Crippen LogP contribution in [0, 0.1) is 5.92 Å². The first-order chi connectivity index (χ1) is 8.48. The Balaban J connectivity index is 1.94. The van der Waals surface area contributed by atoms with E-state index in [1.165, 1.54) is 23.3 Å². The quantitative estimate of drug-likeness (QED) is 0.757. The minimum absolute atomic E-state index is 0.233. The highest BCUT2D eigenvalue weighted by Gasteiger charge is 2.44. The number of amides is 1. The number of fused-ring (bicyclic) bond motifs is 1. The normalized spacial score (nSPS) is 23.9. The number of alkyl halides is 1. The highest BCUT2D eigenvalue weighted by Crippen LogP contribution is 2.49. The van der Waals surface area contributed by atoms with Gasteiger partial charge in [0.2, 0.25) is 5.91 Å². The Morgan fingerprint density at radius 2 is 2.22 bits per heavy atom. The van der Waals surface area contributed by atoms with Crippen molar-refractivity contribution in [2.45, 2.75) is 43.5 Å². The minimum Gasteiger partial charge on any atom is -0.334 e. The van der Waals surface area contributed by atoms with Crippen molar-refractivity contribution in [1.82, 2.24) is 4.90 Å². The molecule has 4 heteroatoms. The van der Waals surface area contributed by atoms with Gasteiger partial charge >= 0.3 is 0 Å². The molecule has 1 aliphatic heterocycles. The molecule has 1 atom stereocenters. The lowest BCUT2D eigenvalue weighted by Crippen LogP contribution is -2.47. The lowest BCUT2D eigenvalue weighted by molar-refractivity contribution is -0.136. The third-order valence-electron chi connectivity index (χ3n) is 3.85. The van der Waals surface area contributed by atoms with Gasteiger partial charge in [0.15, 0.2) is 0 Å². The summed E-state index contributed by atoms with van der Waals surface area (Å²) in [6.07, 6.45) is 3.56. The molecule has 0 spiro atoms. The van der Waals surface area contributed by atoms with Gasteiger partial charge in [-0.3, -0.25) is 4.79 Å². The maximum atomic E-state index is 12.6. The number of hydrogen-bond acceptors (Lipinski definition) is 2. The summed E-state index contributed by atoms with van der Waals surface area (Å²) in [5.41, 5.74) is 1.42. The van der Waals surface area contributed by atoms with Gasteiger partial charge in [0, 0.05) is 11.4 Å². The van der Waals surface area contributed by atoms with Crippen molar-refractivity contribution in [3.63, 3.8) is 0 Å². The zero-order valence-corrected chi connectivity index (χ0v) is 13.2. The van der Waals surface area contributed by atoms with Gasteiger partial charge < -0.3 is 4.90 Å². The van der Waals surface area contributed by atoms with E-state index >= 15 is 0 Å². The van der Waals surface area contributed by atoms with Crippen molar-refractivity contribution in [2.75, 3.05) is 6.54 Å². The van der Waals surface area contributed by atoms with Gasteiger partial charge in [-0.2, -0.15) is 0 Å². The number of rotatable bonds is 2. The summed E-state index contributed by atoms with van der Waals surface area (Å²) in [4.78, 5) is 16.2. The molecule has 1 saturated carbocycles. The molecule has 1 aromatic heterocycles. The van der Waals surface area contributed by atoms with E-state index in [-0.39, 0.29) is 5.91 Å². The minimum atomic E-state index is -0.451. The number of carbonyl (C=O) groups is 1. The van der Waals surface area contributed by atoms with Gasteiger partial charge in [-0.05, 0) is 56.0 Å². The largest absolute Gasteiger partial charge is 0.334 e. The van der Waals surface area contributed by atoms with Crippen LogP contribution in [-0.2, 0) is 11.2 Å². The van der Waals surface area contributed by atoms with Crippen LogP contribution < -0.4 is 0 Å². The molecule has 0 aromatic carbocycles. The number of halogens is 1. The van der Waals surface area contributed by atoms with E-state index < -0.39 is 4.32 Å². The van der Waals surface area contributed by atoms with Crippen molar-refractivity contribution in [3.05, 3.63) is 21.9 Å². The van der Waals surface area contributed by atoms with Gasteiger partial charge in [0.25, 0.3) is 0 Å². The zero-order valence-electron chi connectivity index (χ0n) is 10.8. The molecule has 1 fully saturated rings. The number of carbonyl (C=O) groups excluding carboxylic acids is 1. The molecule has 0 bridgehead atoms. The van der Waals surface area contributed by atoms with Gasteiger partial charge in [-0.1, -0.05) is 15.9 Å². The Bertz CT molecular complexity index is 472. The van der Waals surface area contributed by atoms with E-state index in [1.54, 1.807) is 0 Å². The summed E-state index contributed by atoms with van der Waals surface area (Å²) in [6, 6.07) is 2.56. The van der Waals surface area contributed by atoms with Gasteiger partial charge in [0.05, 0.1) is 10.4 Å². The average molecular weight is 328 g/mol. The molecule has 98 valence electrons. The maximum absolute atomic E-state index is 12.6. The summed E-state index contributed by atoms with van der Waals surface area (Å²) in [6.45, 7) is 4.77. The third-order valence-corrected chi connectivity index (χ3v) is 5.19. The zero-order chi connectivity index (χ0) is 12.9. The molecule has 3 rings (SSSR count). The van der Waals surface area contributed by atoms with Crippen LogP contribution in [0.15, 0.2) is 11.4 Å². The molecule has 0 saturated heterocycles. The molecule has 1 aromatic rings. The molecule has 2 nitrogen and oxygen atoms in total. The first-order valence-electron chi connectivity index (χ1n) is 6.55. The lowest BCUT2D eigenvalue weighted by Gasteiger charge is -2.39. The Hall–Kier alpha value is -0.350. The molecular weight excluding hydrogens is 310 g/mol. The molecule has 2 aliphatic rings. The molecular formula is C14H18BrNOS. The van der Waals surface area contributed by atoms with E-state index in [1.807, 2.05) is 25.2 Å². The maximum Gasteiger partial charge on any atom is 0.239 e. The van der Waals surface area contributed by atoms with E-state index in [0.717, 1.165) is 13.0 Å². The number of nitrogens with zero attached hydrogens (tertiary/aromatic N) is 1. The summed E-state index contributed by atoms with van der Waals surface area (Å²) < 4.78 is -0.451. The Morgan fingerprint density at radius 3 is 2.83 bits per heavy atom. The monoisotopic (exact) mass is 327 g/mol. The molecule has 1 unspecified atom stereocenters. The average Bonchev–Trinajstić information content (AvgIpc) is 3.02. The standard InChI is InChI=1S/C14H18BrNOS/c1-14(2,15)13(17)16-7-5-11-10(6-8-18-11)12(16)9-3-4-9/h6,8-9,12H,3-5,7H2,1-2H3. The summed E-state index contributed by atoms with van der Waals surface area (Å²) >= 11 is 5.36. The van der Waals surface area contributed by atoms with E-state index in [2.05, 4.69) is 32.3 Å². The summed E-state index contributed by atoms with van der Waals surface area (Å²) in [7, 11) is 0. The van der Waals surface area contributed by atoms with Crippen LogP contribution in [-0.4, -0.2) is 21.7 Å². The summed E-state index contributed by atoms with van der Waals surface area (Å²) in [5.74, 6) is 0.925. The highest BCUT2D eigenvalue weighted by molar-refractivity contribution is 9.10. The van der Waals surface area contributed by atoms with Crippen LogP contribution in [0.1, 0.15) is 43.2 Å². The first-order valence-corrected chi connectivity index (χ1v) is 8.22. The van der Waals surface area contributed by atoms with Crippen molar-refractivity contribution in [1.29, 1.82) is 0 Å². The molecule has 18 heavy (non-hydrogen) atoms. The van der Waals surface area contributed by atoms with Crippen LogP contribution in [0.4, 0.5) is 0 Å². The smallest absolute Gasteiger partial charge is 0.239 e. The van der Waals surface area contributed by atoms with Gasteiger partial charge in [-0.25, -0.2) is 0 Å². The second-order valence-corrected chi connectivity index (χ2v) is 8.79. The van der Waals surface area contributed by atoms with Crippen LogP contribution in [0.3, 0.4) is 0 Å². The molecule has 1 amide bonds. The van der Waals surface area contributed by atoms with Crippen molar-refractivity contribution < 1.29 is 4.79 Å². The third kappa shape index (κ3) is 2.14. The Morgan fingerprint density at radius 1 is 1.50 bits per heavy atom. The van der Waals surface area contributed by atoms with Crippen LogP contribution in [0.25, 0.3) is 0 Å². The molecule has 0 radical (unpaired) electrons. The van der Waals surface area contributed by atoms with Crippen LogP contribution in [0.2, 0.25) is 0 Å². The van der Waals surface area contributed by atoms with Crippen molar-refractivity contribution in [2.24, 2.45) is 5.92 Å². The first kappa shape index (κ1) is 12.7. The Kier molecular flexibility index (Phi) is 3.06. The second kappa shape index (κ2) is 4.34. The second-order valence-electron chi connectivity index (χ2n) is 5.80. The Labute approximate surface area is 120 Å². The number of hydrogen-bond donors (Lipinski definition) is 0. The van der Waals surface area contributed by atoms with Crippen LogP contribution in [0.5, 0.6) is 0 Å². The number of thiophene rings is 1. The topological polar surface area (TPSA) is 20.3 Å². The summed E-state index contributed by atoms with van der Waals surface area (Å²) in [5, 5.41) is 2.17. The molecule has 2 heterocycles. The van der Waals surface area contributed by atoms with E-state index in [9.17, 15) is 4.79 Å². The molecule has 1 aliphatic carbocycles. The molecule has 0 N–H and O–H groups in total. The lowest BCUT2D eigenvalue weighted by atomic mass is 9.94. The SMILES string of the molecule is CC(C)(Br)C(=O)N1CCc2sccc2C1C1CC1. The van der Waals surface area contributed by atoms with Crippen LogP contribution >= 0.6 is 27.3 Å². The predicted molar refractivity (Wildman–Crippen MR) is 78.2 cm³/mol. The fourth-order valence-electron chi connectivity index (χ4n) is 2.84. The fourth-order valence-corrected chi connectivity index (χ4v) is 3.98. The van der Waals surface area contributed by atoms with Crippen molar-refractivity contribution >= 4 is 33.2 Å². The van der Waals surface area contributed by atoms with Gasteiger partial charge in [-0.15, -0.1) is 11.3 Å². The fraction of sp³-hybridized carbons (Fsp3) is 0.643.